The summed E-state index contributed by atoms with van der Waals surface area (Å²) in [7, 11) is 0. The minimum absolute atomic E-state index is 0.124. The summed E-state index contributed by atoms with van der Waals surface area (Å²) in [5.74, 6) is 0.665. The van der Waals surface area contributed by atoms with Gasteiger partial charge in [0.2, 0.25) is 0 Å². The van der Waals surface area contributed by atoms with Crippen molar-refractivity contribution in [3.05, 3.63) is 64.1 Å². The fraction of sp³-hybridized carbons (Fsp3) is 0.360. The van der Waals surface area contributed by atoms with Gasteiger partial charge in [-0.25, -0.2) is 0 Å². The molecule has 0 radical (unpaired) electrons. The lowest BCUT2D eigenvalue weighted by Crippen LogP contribution is -2.21. The first kappa shape index (κ1) is 22.3. The molecule has 0 unspecified atom stereocenters. The maximum absolute atomic E-state index is 13.0. The Bertz CT molecular complexity index is 922. The fourth-order valence-corrected chi connectivity index (χ4v) is 3.79. The van der Waals surface area contributed by atoms with E-state index in [1.165, 1.54) is 37.1 Å². The van der Waals surface area contributed by atoms with Crippen molar-refractivity contribution in [1.29, 1.82) is 0 Å². The highest BCUT2D eigenvalue weighted by Gasteiger charge is 2.28. The average molecular weight is 469 g/mol. The van der Waals surface area contributed by atoms with E-state index in [-0.39, 0.29) is 5.91 Å². The van der Waals surface area contributed by atoms with Crippen LogP contribution >= 0.6 is 15.9 Å². The number of benzene rings is 2. The summed E-state index contributed by atoms with van der Waals surface area (Å²) in [6.45, 7) is 4.77. The molecule has 1 heterocycles. The van der Waals surface area contributed by atoms with Gasteiger partial charge in [0.15, 0.2) is 0 Å². The molecule has 0 spiro atoms. The van der Waals surface area contributed by atoms with Gasteiger partial charge in [-0.3, -0.25) is 4.79 Å². The molecule has 2 aromatic rings. The van der Waals surface area contributed by atoms with Crippen LogP contribution in [-0.4, -0.2) is 18.2 Å². The Balaban J connectivity index is 1.71. The van der Waals surface area contributed by atoms with E-state index in [2.05, 4.69) is 28.0 Å². The maximum Gasteiger partial charge on any atom is 0.280 e. The molecule has 2 aromatic carbocycles. The van der Waals surface area contributed by atoms with Crippen LogP contribution in [0.15, 0.2) is 63.7 Å². The van der Waals surface area contributed by atoms with Gasteiger partial charge in [0.25, 0.3) is 5.91 Å². The topological polar surface area (TPSA) is 41.9 Å². The number of halogens is 1. The Hall–Kier alpha value is -2.40. The Labute approximate surface area is 187 Å². The summed E-state index contributed by atoms with van der Waals surface area (Å²) in [6, 6.07) is 15.4. The van der Waals surface area contributed by atoms with Gasteiger partial charge in [0, 0.05) is 10.0 Å². The van der Waals surface area contributed by atoms with Crippen LogP contribution in [-0.2, 0) is 4.79 Å². The van der Waals surface area contributed by atoms with Crippen molar-refractivity contribution < 1.29 is 9.53 Å². The number of rotatable bonds is 10. The summed E-state index contributed by atoms with van der Waals surface area (Å²) < 4.78 is 7.01. The molecule has 158 valence electrons. The molecule has 0 N–H and O–H groups in total. The van der Waals surface area contributed by atoms with Crippen LogP contribution in [0.3, 0.4) is 0 Å². The summed E-state index contributed by atoms with van der Waals surface area (Å²) in [4.78, 5) is 13.0. The molecule has 1 aliphatic rings. The molecular weight excluding hydrogens is 440 g/mol. The molecule has 0 atom stereocenters. The molecule has 0 bridgehead atoms. The lowest BCUT2D eigenvalue weighted by molar-refractivity contribution is -0.114. The number of hydrogen-bond donors (Lipinski definition) is 0. The minimum Gasteiger partial charge on any atom is -0.493 e. The van der Waals surface area contributed by atoms with E-state index in [9.17, 15) is 4.79 Å². The smallest absolute Gasteiger partial charge is 0.280 e. The molecule has 1 amide bonds. The number of anilines is 1. The first-order chi connectivity index (χ1) is 14.6. The Morgan fingerprint density at radius 2 is 1.77 bits per heavy atom. The van der Waals surface area contributed by atoms with Crippen LogP contribution in [0, 0.1) is 0 Å². The third-order valence-electron chi connectivity index (χ3n) is 5.09. The molecule has 0 saturated heterocycles. The summed E-state index contributed by atoms with van der Waals surface area (Å²) in [6.07, 6.45) is 9.22. The van der Waals surface area contributed by atoms with Gasteiger partial charge >= 0.3 is 0 Å². The standard InChI is InChI=1S/C25H29BrN2O2/c1-3-4-5-6-7-11-16-30-24-15-14-21(26)17-20(24)18-23-19(2)27-28(25(23)29)22-12-9-8-10-13-22/h8-10,12-15,17-18H,3-7,11,16H2,1-2H3/b23-18-. The number of amides is 1. The normalized spacial score (nSPS) is 15.0. The van der Waals surface area contributed by atoms with E-state index in [0.29, 0.717) is 17.9 Å². The van der Waals surface area contributed by atoms with E-state index < -0.39 is 0 Å². The number of carbonyl (C=O) groups is 1. The molecule has 1 aliphatic heterocycles. The molecule has 0 fully saturated rings. The third-order valence-corrected chi connectivity index (χ3v) is 5.58. The largest absolute Gasteiger partial charge is 0.493 e. The molecular formula is C25H29BrN2O2. The second kappa shape index (κ2) is 11.1. The number of hydrazone groups is 1. The van der Waals surface area contributed by atoms with Gasteiger partial charge in [0.05, 0.1) is 23.6 Å². The monoisotopic (exact) mass is 468 g/mol. The van der Waals surface area contributed by atoms with Gasteiger partial charge in [-0.2, -0.15) is 10.1 Å². The highest BCUT2D eigenvalue weighted by atomic mass is 79.9. The first-order valence-electron chi connectivity index (χ1n) is 10.7. The molecule has 5 heteroatoms. The number of ether oxygens (including phenoxy) is 1. The van der Waals surface area contributed by atoms with Gasteiger partial charge in [0.1, 0.15) is 5.75 Å². The van der Waals surface area contributed by atoms with Crippen LogP contribution in [0.4, 0.5) is 5.69 Å². The molecule has 0 saturated carbocycles. The van der Waals surface area contributed by atoms with Crippen molar-refractivity contribution in [2.24, 2.45) is 5.10 Å². The SMILES string of the molecule is CCCCCCCCOc1ccc(Br)cc1/C=C1\C(=O)N(c2ccccc2)N=C1C. The molecule has 30 heavy (non-hydrogen) atoms. The van der Waals surface area contributed by atoms with Crippen LogP contribution < -0.4 is 9.75 Å². The van der Waals surface area contributed by atoms with Gasteiger partial charge in [-0.1, -0.05) is 73.2 Å². The number of nitrogens with zero attached hydrogens (tertiary/aromatic N) is 2. The first-order valence-corrected chi connectivity index (χ1v) is 11.5. The van der Waals surface area contributed by atoms with Crippen molar-refractivity contribution in [2.45, 2.75) is 52.4 Å². The maximum atomic E-state index is 13.0. The number of para-hydroxylation sites is 1. The van der Waals surface area contributed by atoms with E-state index in [4.69, 9.17) is 4.74 Å². The predicted octanol–water partition coefficient (Wildman–Crippen LogP) is 6.99. The van der Waals surface area contributed by atoms with Crippen molar-refractivity contribution in [3.63, 3.8) is 0 Å². The Morgan fingerprint density at radius 3 is 2.53 bits per heavy atom. The second-order valence-electron chi connectivity index (χ2n) is 7.49. The molecule has 0 aromatic heterocycles. The van der Waals surface area contributed by atoms with Crippen molar-refractivity contribution >= 4 is 39.3 Å². The summed E-state index contributed by atoms with van der Waals surface area (Å²) in [5, 5.41) is 5.91. The van der Waals surface area contributed by atoms with Gasteiger partial charge in [-0.15, -0.1) is 0 Å². The number of unbranched alkanes of at least 4 members (excludes halogenated alkanes) is 5. The Kier molecular flexibility index (Phi) is 8.26. The highest BCUT2D eigenvalue weighted by molar-refractivity contribution is 9.10. The zero-order chi connectivity index (χ0) is 21.3. The predicted molar refractivity (Wildman–Crippen MR) is 128 cm³/mol. The lowest BCUT2D eigenvalue weighted by Gasteiger charge is -2.12. The lowest BCUT2D eigenvalue weighted by atomic mass is 10.1. The van der Waals surface area contributed by atoms with Crippen LogP contribution in [0.5, 0.6) is 5.75 Å². The number of carbonyl (C=O) groups excluding carboxylic acids is 1. The van der Waals surface area contributed by atoms with E-state index in [1.807, 2.05) is 61.5 Å². The van der Waals surface area contributed by atoms with Gasteiger partial charge < -0.3 is 4.74 Å². The van der Waals surface area contributed by atoms with E-state index >= 15 is 0 Å². The molecule has 4 nitrogen and oxygen atoms in total. The Morgan fingerprint density at radius 1 is 1.03 bits per heavy atom. The van der Waals surface area contributed by atoms with Crippen LogP contribution in [0.25, 0.3) is 6.08 Å². The molecule has 0 aliphatic carbocycles. The van der Waals surface area contributed by atoms with Crippen LogP contribution in [0.2, 0.25) is 0 Å². The average Bonchev–Trinajstić information content (AvgIpc) is 3.03. The second-order valence-corrected chi connectivity index (χ2v) is 8.41. The number of hydrogen-bond acceptors (Lipinski definition) is 3. The highest BCUT2D eigenvalue weighted by Crippen LogP contribution is 2.29. The zero-order valence-corrected chi connectivity index (χ0v) is 19.3. The van der Waals surface area contributed by atoms with E-state index in [1.54, 1.807) is 0 Å². The quantitative estimate of drug-likeness (QED) is 0.278. The van der Waals surface area contributed by atoms with Gasteiger partial charge in [-0.05, 0) is 49.8 Å². The van der Waals surface area contributed by atoms with Crippen molar-refractivity contribution in [3.8, 4) is 5.75 Å². The minimum atomic E-state index is -0.124. The third kappa shape index (κ3) is 5.82. The van der Waals surface area contributed by atoms with E-state index in [0.717, 1.165) is 27.9 Å². The fourth-order valence-electron chi connectivity index (χ4n) is 3.41. The summed E-state index contributed by atoms with van der Waals surface area (Å²) >= 11 is 3.53. The van der Waals surface area contributed by atoms with Crippen molar-refractivity contribution in [1.82, 2.24) is 0 Å². The summed E-state index contributed by atoms with van der Waals surface area (Å²) in [5.41, 5.74) is 2.93. The zero-order valence-electron chi connectivity index (χ0n) is 17.7. The van der Waals surface area contributed by atoms with Crippen molar-refractivity contribution in [2.75, 3.05) is 11.6 Å². The molecule has 3 rings (SSSR count). The van der Waals surface area contributed by atoms with Crippen LogP contribution in [0.1, 0.15) is 57.9 Å².